The number of nitrogens with one attached hydrogen (secondary N) is 1. The van der Waals surface area contributed by atoms with Gasteiger partial charge in [-0.3, -0.25) is 24.1 Å². The van der Waals surface area contributed by atoms with Gasteiger partial charge in [0.25, 0.3) is 11.8 Å². The lowest BCUT2D eigenvalue weighted by Crippen LogP contribution is -2.30. The minimum Gasteiger partial charge on any atom is -0.326 e. The molecule has 1 aliphatic rings. The van der Waals surface area contributed by atoms with Gasteiger partial charge in [-0.1, -0.05) is 36.8 Å². The molecule has 0 aliphatic carbocycles. The van der Waals surface area contributed by atoms with Crippen molar-refractivity contribution < 1.29 is 19.2 Å². The number of carbonyl (C=O) groups excluding carboxylic acids is 4. The molecular formula is C23H22N2O4. The van der Waals surface area contributed by atoms with E-state index in [9.17, 15) is 19.2 Å². The molecular weight excluding hydrogens is 368 g/mol. The molecule has 1 N–H and O–H groups in total. The Kier molecular flexibility index (Phi) is 6.68. The van der Waals surface area contributed by atoms with Gasteiger partial charge in [0.2, 0.25) is 5.91 Å². The van der Waals surface area contributed by atoms with Crippen LogP contribution in [0.5, 0.6) is 0 Å². The Morgan fingerprint density at radius 1 is 0.759 bits per heavy atom. The molecule has 0 spiro atoms. The minimum absolute atomic E-state index is 0.0614. The highest BCUT2D eigenvalue weighted by Crippen LogP contribution is 2.15. The SMILES string of the molecule is O=C(CCCCCN1C(=O)C=CC1=O)Nc1ccc(C(=O)c2ccccc2)cc1. The molecule has 0 saturated heterocycles. The summed E-state index contributed by atoms with van der Waals surface area (Å²) in [6, 6.07) is 15.9. The first-order chi connectivity index (χ1) is 14.0. The first-order valence-electron chi connectivity index (χ1n) is 9.58. The van der Waals surface area contributed by atoms with Crippen LogP contribution in [-0.4, -0.2) is 34.9 Å². The van der Waals surface area contributed by atoms with E-state index < -0.39 is 0 Å². The van der Waals surface area contributed by atoms with Gasteiger partial charge < -0.3 is 5.32 Å². The Balaban J connectivity index is 1.39. The molecule has 0 fully saturated rings. The Morgan fingerprint density at radius 2 is 1.38 bits per heavy atom. The maximum absolute atomic E-state index is 12.4. The van der Waals surface area contributed by atoms with Crippen molar-refractivity contribution in [3.8, 4) is 0 Å². The molecule has 2 aromatic rings. The van der Waals surface area contributed by atoms with Crippen LogP contribution >= 0.6 is 0 Å². The number of unbranched alkanes of at least 4 members (excludes halogenated alkanes) is 2. The molecule has 2 aromatic carbocycles. The smallest absolute Gasteiger partial charge is 0.253 e. The molecule has 0 radical (unpaired) electrons. The summed E-state index contributed by atoms with van der Waals surface area (Å²) >= 11 is 0. The van der Waals surface area contributed by atoms with Gasteiger partial charge in [0.1, 0.15) is 0 Å². The van der Waals surface area contributed by atoms with Gasteiger partial charge >= 0.3 is 0 Å². The summed E-state index contributed by atoms with van der Waals surface area (Å²) in [6.45, 7) is 0.378. The number of ketones is 1. The predicted octanol–water partition coefficient (Wildman–Crippen LogP) is 3.34. The van der Waals surface area contributed by atoms with Crippen LogP contribution in [0.15, 0.2) is 66.7 Å². The molecule has 3 rings (SSSR count). The van der Waals surface area contributed by atoms with Crippen LogP contribution in [0.1, 0.15) is 41.6 Å². The molecule has 0 unspecified atom stereocenters. The van der Waals surface area contributed by atoms with Crippen molar-refractivity contribution in [3.63, 3.8) is 0 Å². The van der Waals surface area contributed by atoms with Gasteiger partial charge in [0.15, 0.2) is 5.78 Å². The number of rotatable bonds is 9. The topological polar surface area (TPSA) is 83.6 Å². The Morgan fingerprint density at radius 3 is 2.03 bits per heavy atom. The zero-order valence-corrected chi connectivity index (χ0v) is 16.0. The number of amides is 3. The van der Waals surface area contributed by atoms with Gasteiger partial charge in [-0.2, -0.15) is 0 Å². The normalized spacial score (nSPS) is 13.0. The van der Waals surface area contributed by atoms with Crippen molar-refractivity contribution >= 4 is 29.2 Å². The number of nitrogens with zero attached hydrogens (tertiary/aromatic N) is 1. The molecule has 0 bridgehead atoms. The maximum atomic E-state index is 12.4. The van der Waals surface area contributed by atoms with Crippen LogP contribution in [0, 0.1) is 0 Å². The van der Waals surface area contributed by atoms with Crippen LogP contribution in [0.25, 0.3) is 0 Å². The lowest BCUT2D eigenvalue weighted by Gasteiger charge is -2.13. The highest BCUT2D eigenvalue weighted by Gasteiger charge is 2.22. The van der Waals surface area contributed by atoms with Gasteiger partial charge in [-0.25, -0.2) is 0 Å². The van der Waals surface area contributed by atoms with Crippen molar-refractivity contribution in [2.45, 2.75) is 25.7 Å². The van der Waals surface area contributed by atoms with Crippen molar-refractivity contribution in [1.82, 2.24) is 4.90 Å². The highest BCUT2D eigenvalue weighted by atomic mass is 16.2. The van der Waals surface area contributed by atoms with Gasteiger partial charge in [0.05, 0.1) is 0 Å². The van der Waals surface area contributed by atoms with Crippen LogP contribution in [0.2, 0.25) is 0 Å². The zero-order chi connectivity index (χ0) is 20.6. The summed E-state index contributed by atoms with van der Waals surface area (Å²) in [6.07, 6.45) is 4.98. The third-order valence-electron chi connectivity index (χ3n) is 4.65. The van der Waals surface area contributed by atoms with Crippen LogP contribution in [-0.2, 0) is 14.4 Å². The van der Waals surface area contributed by atoms with E-state index in [1.54, 1.807) is 36.4 Å². The number of hydrogen-bond donors (Lipinski definition) is 1. The van der Waals surface area contributed by atoms with E-state index in [0.717, 1.165) is 6.42 Å². The van der Waals surface area contributed by atoms with Crippen LogP contribution in [0.3, 0.4) is 0 Å². The molecule has 1 aliphatic heterocycles. The maximum Gasteiger partial charge on any atom is 0.253 e. The van der Waals surface area contributed by atoms with E-state index in [1.165, 1.54) is 17.1 Å². The first-order valence-corrected chi connectivity index (χ1v) is 9.58. The monoisotopic (exact) mass is 390 g/mol. The Hall–Kier alpha value is -3.54. The molecule has 148 valence electrons. The molecule has 0 aromatic heterocycles. The van der Waals surface area contributed by atoms with E-state index in [1.807, 2.05) is 18.2 Å². The molecule has 0 saturated carbocycles. The standard InChI is InChI=1S/C23H22N2O4/c26-20(9-5-2-6-16-25-21(27)14-15-22(25)28)24-19-12-10-18(11-13-19)23(29)17-7-3-1-4-8-17/h1,3-4,7-8,10-15H,2,5-6,9,16H2,(H,24,26). The fraction of sp³-hybridized carbons (Fsp3) is 0.217. The summed E-state index contributed by atoms with van der Waals surface area (Å²) in [5, 5.41) is 2.82. The Labute approximate surface area is 169 Å². The predicted molar refractivity (Wildman–Crippen MR) is 109 cm³/mol. The lowest BCUT2D eigenvalue weighted by molar-refractivity contribution is -0.136. The minimum atomic E-state index is -0.276. The fourth-order valence-corrected chi connectivity index (χ4v) is 3.07. The number of imide groups is 1. The second-order valence-electron chi connectivity index (χ2n) is 6.79. The summed E-state index contributed by atoms with van der Waals surface area (Å²) in [5.41, 5.74) is 1.83. The van der Waals surface area contributed by atoms with Gasteiger partial charge in [-0.15, -0.1) is 0 Å². The second kappa shape index (κ2) is 9.59. The van der Waals surface area contributed by atoms with Crippen molar-refractivity contribution in [3.05, 3.63) is 77.9 Å². The average Bonchev–Trinajstić information content (AvgIpc) is 3.06. The summed E-state index contributed by atoms with van der Waals surface area (Å²) in [7, 11) is 0. The number of carbonyl (C=O) groups is 4. The lowest BCUT2D eigenvalue weighted by atomic mass is 10.0. The largest absolute Gasteiger partial charge is 0.326 e. The highest BCUT2D eigenvalue weighted by molar-refractivity contribution is 6.12. The summed E-state index contributed by atoms with van der Waals surface area (Å²) < 4.78 is 0. The van der Waals surface area contributed by atoms with Gasteiger partial charge in [0, 0.05) is 41.9 Å². The van der Waals surface area contributed by atoms with E-state index in [4.69, 9.17) is 0 Å². The quantitative estimate of drug-likeness (QED) is 0.404. The first kappa shape index (κ1) is 20.2. The number of anilines is 1. The molecule has 6 heteroatoms. The summed E-state index contributed by atoms with van der Waals surface area (Å²) in [5.74, 6) is -0.723. The zero-order valence-electron chi connectivity index (χ0n) is 16.0. The third kappa shape index (κ3) is 5.48. The van der Waals surface area contributed by atoms with E-state index in [0.29, 0.717) is 42.6 Å². The molecule has 0 atom stereocenters. The molecule has 3 amide bonds. The van der Waals surface area contributed by atoms with Crippen molar-refractivity contribution in [1.29, 1.82) is 0 Å². The third-order valence-corrected chi connectivity index (χ3v) is 4.65. The summed E-state index contributed by atoms with van der Waals surface area (Å²) in [4.78, 5) is 48.5. The van der Waals surface area contributed by atoms with Crippen LogP contribution in [0.4, 0.5) is 5.69 Å². The molecule has 6 nitrogen and oxygen atoms in total. The van der Waals surface area contributed by atoms with Crippen molar-refractivity contribution in [2.75, 3.05) is 11.9 Å². The van der Waals surface area contributed by atoms with E-state index >= 15 is 0 Å². The number of benzene rings is 2. The van der Waals surface area contributed by atoms with Crippen molar-refractivity contribution in [2.24, 2.45) is 0 Å². The number of hydrogen-bond acceptors (Lipinski definition) is 4. The van der Waals surface area contributed by atoms with E-state index in [-0.39, 0.29) is 23.5 Å². The van der Waals surface area contributed by atoms with E-state index in [2.05, 4.69) is 5.32 Å². The molecule has 1 heterocycles. The fourth-order valence-electron chi connectivity index (χ4n) is 3.07. The van der Waals surface area contributed by atoms with Crippen LogP contribution < -0.4 is 5.32 Å². The molecule has 29 heavy (non-hydrogen) atoms. The second-order valence-corrected chi connectivity index (χ2v) is 6.79. The van der Waals surface area contributed by atoms with Gasteiger partial charge in [-0.05, 0) is 37.1 Å². The Bertz CT molecular complexity index is 915. The average molecular weight is 390 g/mol.